The zero-order chi connectivity index (χ0) is 15.5. The first-order valence-corrected chi connectivity index (χ1v) is 8.77. The van der Waals surface area contributed by atoms with Crippen molar-refractivity contribution < 1.29 is 22.3 Å². The van der Waals surface area contributed by atoms with E-state index in [1.807, 2.05) is 0 Å². The Labute approximate surface area is 128 Å². The molecule has 0 aromatic heterocycles. The van der Waals surface area contributed by atoms with Gasteiger partial charge in [0.15, 0.2) is 0 Å². The topological polar surface area (TPSA) is 80.8 Å². The van der Waals surface area contributed by atoms with Gasteiger partial charge in [0.2, 0.25) is 0 Å². The number of carbonyl (C=O) groups is 2. The summed E-state index contributed by atoms with van der Waals surface area (Å²) in [5.74, 6) is -1.39. The average Bonchev–Trinajstić information content (AvgIpc) is 3.18. The van der Waals surface area contributed by atoms with Gasteiger partial charge in [-0.3, -0.25) is 9.59 Å². The van der Waals surface area contributed by atoms with Crippen LogP contribution in [0.4, 0.5) is 0 Å². The van der Waals surface area contributed by atoms with Crippen molar-refractivity contribution in [2.24, 2.45) is 23.7 Å². The molecule has 3 fully saturated rings. The van der Waals surface area contributed by atoms with E-state index in [2.05, 4.69) is 0 Å². The van der Waals surface area contributed by atoms with E-state index in [9.17, 15) is 18.0 Å². The highest BCUT2D eigenvalue weighted by Gasteiger charge is 2.62. The molecule has 116 valence electrons. The first kappa shape index (κ1) is 13.9. The fraction of sp³-hybridized carbons (Fsp3) is 0.467. The molecule has 4 unspecified atom stereocenters. The van der Waals surface area contributed by atoms with Crippen molar-refractivity contribution in [1.82, 2.24) is 5.06 Å². The van der Waals surface area contributed by atoms with Gasteiger partial charge in [-0.1, -0.05) is 18.2 Å². The van der Waals surface area contributed by atoms with Crippen LogP contribution in [0.15, 0.2) is 35.2 Å². The monoisotopic (exact) mass is 321 g/mol. The van der Waals surface area contributed by atoms with Crippen LogP contribution in [0.1, 0.15) is 19.3 Å². The Morgan fingerprint density at radius 2 is 1.50 bits per heavy atom. The molecule has 4 rings (SSSR count). The van der Waals surface area contributed by atoms with Crippen LogP contribution in [-0.4, -0.2) is 25.3 Å². The fourth-order valence-electron chi connectivity index (χ4n) is 4.18. The molecule has 2 amide bonds. The Bertz CT molecular complexity index is 716. The van der Waals surface area contributed by atoms with Crippen molar-refractivity contribution in [3.63, 3.8) is 0 Å². The first-order chi connectivity index (χ1) is 10.5. The molecule has 1 aromatic carbocycles. The maximum Gasteiger partial charge on any atom is 0.318 e. The summed E-state index contributed by atoms with van der Waals surface area (Å²) in [6, 6.07) is 7.51. The molecule has 0 N–H and O–H groups in total. The molecule has 2 aliphatic carbocycles. The van der Waals surface area contributed by atoms with Crippen LogP contribution in [0.3, 0.4) is 0 Å². The standard InChI is InChI=1S/C15H15NO5S/c17-14-12-9-6-7-10(8-9)13(12)15(18)16(14)21-22(19,20)11-4-2-1-3-5-11/h1-5,9-10,12-13H,6-8H2. The summed E-state index contributed by atoms with van der Waals surface area (Å²) < 4.78 is 29.3. The second kappa shape index (κ2) is 4.63. The van der Waals surface area contributed by atoms with E-state index in [1.54, 1.807) is 18.2 Å². The Hall–Kier alpha value is -1.73. The van der Waals surface area contributed by atoms with Crippen LogP contribution >= 0.6 is 0 Å². The van der Waals surface area contributed by atoms with Crippen molar-refractivity contribution in [2.45, 2.75) is 24.2 Å². The Kier molecular flexibility index (Phi) is 2.93. The van der Waals surface area contributed by atoms with Crippen LogP contribution in [0, 0.1) is 23.7 Å². The number of amides is 2. The lowest BCUT2D eigenvalue weighted by molar-refractivity contribution is -0.166. The summed E-state index contributed by atoms with van der Waals surface area (Å²) in [6.45, 7) is 0. The molecular formula is C15H15NO5S. The zero-order valence-electron chi connectivity index (χ0n) is 11.7. The van der Waals surface area contributed by atoms with Crippen LogP contribution in [0.25, 0.3) is 0 Å². The summed E-state index contributed by atoms with van der Waals surface area (Å²) in [7, 11) is -4.17. The number of nitrogens with zero attached hydrogens (tertiary/aromatic N) is 1. The molecule has 0 spiro atoms. The van der Waals surface area contributed by atoms with Gasteiger partial charge in [0.25, 0.3) is 11.8 Å². The second-order valence-corrected chi connectivity index (χ2v) is 7.73. The summed E-state index contributed by atoms with van der Waals surface area (Å²) in [5, 5.41) is 0.488. The highest BCUT2D eigenvalue weighted by molar-refractivity contribution is 7.86. The summed E-state index contributed by atoms with van der Waals surface area (Å²) in [4.78, 5) is 24.8. The lowest BCUT2D eigenvalue weighted by Gasteiger charge is -2.18. The van der Waals surface area contributed by atoms with Crippen LogP contribution in [0.5, 0.6) is 0 Å². The summed E-state index contributed by atoms with van der Waals surface area (Å²) in [5.41, 5.74) is 0. The minimum atomic E-state index is -4.17. The third kappa shape index (κ3) is 1.85. The van der Waals surface area contributed by atoms with E-state index in [0.29, 0.717) is 5.06 Å². The molecule has 7 heteroatoms. The predicted octanol–water partition coefficient (Wildman–Crippen LogP) is 1.34. The van der Waals surface area contributed by atoms with Crippen molar-refractivity contribution in [1.29, 1.82) is 0 Å². The average molecular weight is 321 g/mol. The number of hydroxylamine groups is 2. The Balaban J connectivity index is 1.62. The minimum Gasteiger partial charge on any atom is -0.272 e. The van der Waals surface area contributed by atoms with E-state index in [0.717, 1.165) is 19.3 Å². The largest absolute Gasteiger partial charge is 0.318 e. The second-order valence-electron chi connectivity index (χ2n) is 6.20. The van der Waals surface area contributed by atoms with E-state index in [1.165, 1.54) is 12.1 Å². The van der Waals surface area contributed by atoms with Gasteiger partial charge in [0, 0.05) is 0 Å². The maximum absolute atomic E-state index is 12.4. The third-order valence-electron chi connectivity index (χ3n) is 5.09. The summed E-state index contributed by atoms with van der Waals surface area (Å²) >= 11 is 0. The van der Waals surface area contributed by atoms with Gasteiger partial charge < -0.3 is 0 Å². The van der Waals surface area contributed by atoms with Gasteiger partial charge in [-0.25, -0.2) is 0 Å². The molecule has 1 aliphatic heterocycles. The van der Waals surface area contributed by atoms with Crippen molar-refractivity contribution in [3.8, 4) is 0 Å². The van der Waals surface area contributed by atoms with Gasteiger partial charge in [0.1, 0.15) is 0 Å². The van der Waals surface area contributed by atoms with Gasteiger partial charge in [0.05, 0.1) is 16.7 Å². The molecule has 1 heterocycles. The molecule has 2 bridgehead atoms. The minimum absolute atomic E-state index is 0.0735. The molecule has 6 nitrogen and oxygen atoms in total. The van der Waals surface area contributed by atoms with Crippen molar-refractivity contribution in [3.05, 3.63) is 30.3 Å². The lowest BCUT2D eigenvalue weighted by Crippen LogP contribution is -2.35. The molecule has 1 saturated heterocycles. The number of benzene rings is 1. The normalized spacial score (nSPS) is 33.5. The SMILES string of the molecule is O=C1C2C3CCC(C3)C2C(=O)N1OS(=O)(=O)c1ccccc1. The van der Waals surface area contributed by atoms with Crippen molar-refractivity contribution >= 4 is 21.9 Å². The van der Waals surface area contributed by atoms with Crippen LogP contribution in [0.2, 0.25) is 0 Å². The van der Waals surface area contributed by atoms with E-state index < -0.39 is 33.8 Å². The number of imide groups is 1. The van der Waals surface area contributed by atoms with E-state index in [-0.39, 0.29) is 16.7 Å². The maximum atomic E-state index is 12.4. The highest BCUT2D eigenvalue weighted by atomic mass is 32.2. The van der Waals surface area contributed by atoms with Gasteiger partial charge >= 0.3 is 10.1 Å². The Morgan fingerprint density at radius 3 is 2.05 bits per heavy atom. The third-order valence-corrected chi connectivity index (χ3v) is 6.29. The van der Waals surface area contributed by atoms with Gasteiger partial charge in [-0.2, -0.15) is 8.42 Å². The Morgan fingerprint density at radius 1 is 0.955 bits per heavy atom. The molecular weight excluding hydrogens is 306 g/mol. The van der Waals surface area contributed by atoms with Crippen LogP contribution < -0.4 is 0 Å². The molecule has 3 aliphatic rings. The van der Waals surface area contributed by atoms with Crippen molar-refractivity contribution in [2.75, 3.05) is 0 Å². The predicted molar refractivity (Wildman–Crippen MR) is 74.4 cm³/mol. The van der Waals surface area contributed by atoms with Crippen LogP contribution in [-0.2, 0) is 24.0 Å². The molecule has 1 aromatic rings. The smallest absolute Gasteiger partial charge is 0.272 e. The fourth-order valence-corrected chi connectivity index (χ4v) is 5.10. The van der Waals surface area contributed by atoms with Gasteiger partial charge in [-0.15, -0.1) is 9.35 Å². The van der Waals surface area contributed by atoms with Gasteiger partial charge in [-0.05, 0) is 43.2 Å². The number of fused-ring (bicyclic) bond motifs is 5. The lowest BCUT2D eigenvalue weighted by atomic mass is 9.81. The number of hydrogen-bond acceptors (Lipinski definition) is 5. The first-order valence-electron chi connectivity index (χ1n) is 7.36. The molecule has 4 atom stereocenters. The molecule has 2 saturated carbocycles. The molecule has 22 heavy (non-hydrogen) atoms. The quantitative estimate of drug-likeness (QED) is 0.785. The van der Waals surface area contributed by atoms with E-state index >= 15 is 0 Å². The number of hydrogen-bond donors (Lipinski definition) is 0. The van der Waals surface area contributed by atoms with E-state index in [4.69, 9.17) is 4.28 Å². The highest BCUT2D eigenvalue weighted by Crippen LogP contribution is 2.56. The summed E-state index contributed by atoms with van der Waals surface area (Å²) in [6.07, 6.45) is 2.76. The number of rotatable bonds is 3. The number of carbonyl (C=O) groups excluding carboxylic acids is 2. The molecule has 0 radical (unpaired) electrons. The zero-order valence-corrected chi connectivity index (χ0v) is 12.5.